The van der Waals surface area contributed by atoms with E-state index in [1.807, 2.05) is 13.8 Å². The molecule has 1 amide bonds. The number of amides is 1. The number of carbonyl (C=O) groups is 1. The van der Waals surface area contributed by atoms with Crippen LogP contribution in [0.25, 0.3) is 0 Å². The fourth-order valence-electron chi connectivity index (χ4n) is 0.764. The molecule has 0 aromatic heterocycles. The average Bonchev–Trinajstić information content (AvgIpc) is 2.05. The van der Waals surface area contributed by atoms with Crippen LogP contribution in [-0.2, 0) is 9.63 Å². The summed E-state index contributed by atoms with van der Waals surface area (Å²) in [7, 11) is 3.07. The predicted molar refractivity (Wildman–Crippen MR) is 43.8 cm³/mol. The molecule has 3 heteroatoms. The number of likely N-dealkylation sites (N-methyl/N-ethyl adjacent to an activating group) is 1. The van der Waals surface area contributed by atoms with Crippen molar-refractivity contribution in [3.63, 3.8) is 0 Å². The zero-order valence-corrected chi connectivity index (χ0v) is 7.55. The number of rotatable bonds is 3. The van der Waals surface area contributed by atoms with Crippen molar-refractivity contribution in [1.29, 1.82) is 0 Å². The van der Waals surface area contributed by atoms with Crippen molar-refractivity contribution in [2.45, 2.75) is 20.3 Å². The third kappa shape index (κ3) is 2.72. The van der Waals surface area contributed by atoms with E-state index in [-0.39, 0.29) is 5.91 Å². The molecule has 0 heterocycles. The second-order valence-electron chi connectivity index (χ2n) is 2.15. The van der Waals surface area contributed by atoms with E-state index in [1.54, 1.807) is 13.1 Å². The molecule has 0 saturated heterocycles. The minimum Gasteiger partial charge on any atom is -0.274 e. The second kappa shape index (κ2) is 4.91. The van der Waals surface area contributed by atoms with Gasteiger partial charge in [0.2, 0.25) is 0 Å². The highest BCUT2D eigenvalue weighted by Crippen LogP contribution is 2.04. The van der Waals surface area contributed by atoms with Gasteiger partial charge in [-0.25, -0.2) is 5.06 Å². The normalized spacial score (nSPS) is 11.5. The summed E-state index contributed by atoms with van der Waals surface area (Å²) in [4.78, 5) is 16.0. The molecule has 0 unspecified atom stereocenters. The van der Waals surface area contributed by atoms with Crippen LogP contribution in [0.5, 0.6) is 0 Å². The first-order chi connectivity index (χ1) is 5.17. The molecule has 0 radical (unpaired) electrons. The van der Waals surface area contributed by atoms with Crippen molar-refractivity contribution in [1.82, 2.24) is 5.06 Å². The summed E-state index contributed by atoms with van der Waals surface area (Å²) in [5.74, 6) is -0.0718. The van der Waals surface area contributed by atoms with Crippen molar-refractivity contribution in [2.24, 2.45) is 0 Å². The van der Waals surface area contributed by atoms with Crippen LogP contribution in [0.15, 0.2) is 11.6 Å². The number of carbonyl (C=O) groups excluding carboxylic acids is 1. The summed E-state index contributed by atoms with van der Waals surface area (Å²) in [5.41, 5.74) is 0.773. The third-order valence-electron chi connectivity index (χ3n) is 1.56. The van der Waals surface area contributed by atoms with Crippen LogP contribution in [0.4, 0.5) is 0 Å². The predicted octanol–water partition coefficient (Wildman–Crippen LogP) is 1.36. The average molecular weight is 157 g/mol. The van der Waals surface area contributed by atoms with Gasteiger partial charge in [0.15, 0.2) is 0 Å². The lowest BCUT2D eigenvalue weighted by atomic mass is 10.2. The Balaban J connectivity index is 4.22. The lowest BCUT2D eigenvalue weighted by Gasteiger charge is -2.14. The van der Waals surface area contributed by atoms with E-state index in [1.165, 1.54) is 12.2 Å². The molecule has 0 spiro atoms. The topological polar surface area (TPSA) is 29.5 Å². The van der Waals surface area contributed by atoms with Crippen LogP contribution in [0.3, 0.4) is 0 Å². The number of hydrogen-bond acceptors (Lipinski definition) is 2. The summed E-state index contributed by atoms with van der Waals surface area (Å²) in [6, 6.07) is 0. The van der Waals surface area contributed by atoms with E-state index in [4.69, 9.17) is 4.84 Å². The van der Waals surface area contributed by atoms with Gasteiger partial charge in [-0.3, -0.25) is 9.63 Å². The molecule has 0 aromatic rings. The molecule has 0 saturated carbocycles. The summed E-state index contributed by atoms with van der Waals surface area (Å²) < 4.78 is 0. The smallest absolute Gasteiger partial charge is 0.272 e. The van der Waals surface area contributed by atoms with E-state index in [9.17, 15) is 4.79 Å². The Morgan fingerprint density at radius 2 is 2.18 bits per heavy atom. The number of hydroxylamine groups is 2. The van der Waals surface area contributed by atoms with Crippen molar-refractivity contribution >= 4 is 5.91 Å². The Bertz CT molecular complexity index is 163. The Labute approximate surface area is 67.6 Å². The fourth-order valence-corrected chi connectivity index (χ4v) is 0.764. The van der Waals surface area contributed by atoms with Crippen LogP contribution in [0.2, 0.25) is 0 Å². The Morgan fingerprint density at radius 3 is 2.45 bits per heavy atom. The number of allylic oxidation sites excluding steroid dienone is 1. The van der Waals surface area contributed by atoms with Gasteiger partial charge in [0, 0.05) is 12.6 Å². The molecule has 0 N–H and O–H groups in total. The number of nitrogens with zero attached hydrogens (tertiary/aromatic N) is 1. The van der Waals surface area contributed by atoms with Crippen molar-refractivity contribution < 1.29 is 9.63 Å². The molecule has 0 aliphatic heterocycles. The minimum absolute atomic E-state index is 0.0718. The molecule has 0 aromatic carbocycles. The second-order valence-corrected chi connectivity index (χ2v) is 2.15. The van der Waals surface area contributed by atoms with Crippen molar-refractivity contribution in [3.05, 3.63) is 11.6 Å². The van der Waals surface area contributed by atoms with Crippen molar-refractivity contribution in [3.8, 4) is 0 Å². The van der Waals surface area contributed by atoms with Gasteiger partial charge in [0.1, 0.15) is 0 Å². The molecular weight excluding hydrogens is 142 g/mol. The van der Waals surface area contributed by atoms with Crippen LogP contribution >= 0.6 is 0 Å². The molecule has 0 aliphatic carbocycles. The first kappa shape index (κ1) is 10.2. The molecule has 3 nitrogen and oxygen atoms in total. The lowest BCUT2D eigenvalue weighted by molar-refractivity contribution is -0.164. The summed E-state index contributed by atoms with van der Waals surface area (Å²) >= 11 is 0. The van der Waals surface area contributed by atoms with Gasteiger partial charge in [0.25, 0.3) is 5.91 Å². The first-order valence-corrected chi connectivity index (χ1v) is 3.64. The molecular formula is C8H15NO2. The van der Waals surface area contributed by atoms with Crippen molar-refractivity contribution in [2.75, 3.05) is 14.2 Å². The van der Waals surface area contributed by atoms with Crippen LogP contribution < -0.4 is 0 Å². The summed E-state index contributed by atoms with van der Waals surface area (Å²) in [6.45, 7) is 3.79. The molecule has 0 rings (SSSR count). The fraction of sp³-hybridized carbons (Fsp3) is 0.625. The molecule has 64 valence electrons. The minimum atomic E-state index is -0.0718. The quantitative estimate of drug-likeness (QED) is 0.457. The monoisotopic (exact) mass is 157 g/mol. The van der Waals surface area contributed by atoms with Gasteiger partial charge >= 0.3 is 0 Å². The van der Waals surface area contributed by atoms with Crippen LogP contribution in [0, 0.1) is 0 Å². The lowest BCUT2D eigenvalue weighted by Crippen LogP contribution is -2.26. The summed E-state index contributed by atoms with van der Waals surface area (Å²) in [6.07, 6.45) is 2.54. The van der Waals surface area contributed by atoms with E-state index in [0.717, 1.165) is 12.0 Å². The van der Waals surface area contributed by atoms with E-state index >= 15 is 0 Å². The maximum absolute atomic E-state index is 11.3. The van der Waals surface area contributed by atoms with Crippen LogP contribution in [0.1, 0.15) is 20.3 Å². The largest absolute Gasteiger partial charge is 0.274 e. The van der Waals surface area contributed by atoms with E-state index in [0.29, 0.717) is 0 Å². The maximum atomic E-state index is 11.3. The van der Waals surface area contributed by atoms with Crippen LogP contribution in [-0.4, -0.2) is 25.1 Å². The molecule has 0 bridgehead atoms. The molecule has 0 aliphatic rings. The van der Waals surface area contributed by atoms with Gasteiger partial charge in [0.05, 0.1) is 7.11 Å². The number of hydrogen-bond donors (Lipinski definition) is 0. The van der Waals surface area contributed by atoms with Gasteiger partial charge in [-0.15, -0.1) is 0 Å². The highest BCUT2D eigenvalue weighted by Gasteiger charge is 2.10. The van der Waals surface area contributed by atoms with Gasteiger partial charge in [-0.1, -0.05) is 13.0 Å². The maximum Gasteiger partial charge on any atom is 0.272 e. The Hall–Kier alpha value is -0.830. The van der Waals surface area contributed by atoms with Gasteiger partial charge in [-0.05, 0) is 13.3 Å². The Kier molecular flexibility index (Phi) is 4.54. The molecule has 11 heavy (non-hydrogen) atoms. The Morgan fingerprint density at radius 1 is 1.64 bits per heavy atom. The first-order valence-electron chi connectivity index (χ1n) is 3.64. The molecule has 0 atom stereocenters. The molecule has 0 fully saturated rings. The standard InChI is InChI=1S/C8H15NO2/c1-5-7(6-2)8(10)9(3)11-4/h5H,6H2,1-4H3/b7-5+. The van der Waals surface area contributed by atoms with E-state index < -0.39 is 0 Å². The third-order valence-corrected chi connectivity index (χ3v) is 1.56. The SMILES string of the molecule is C/C=C(\CC)C(=O)N(C)OC. The highest BCUT2D eigenvalue weighted by molar-refractivity contribution is 5.92. The van der Waals surface area contributed by atoms with E-state index in [2.05, 4.69) is 0 Å². The zero-order chi connectivity index (χ0) is 8.85. The highest BCUT2D eigenvalue weighted by atomic mass is 16.7. The zero-order valence-electron chi connectivity index (χ0n) is 7.55. The summed E-state index contributed by atoms with van der Waals surface area (Å²) in [5, 5.41) is 1.22. The van der Waals surface area contributed by atoms with Gasteiger partial charge in [-0.2, -0.15) is 0 Å². The van der Waals surface area contributed by atoms with Gasteiger partial charge < -0.3 is 0 Å².